The third-order valence-electron chi connectivity index (χ3n) is 2.92. The number of anilines is 1. The molecule has 1 aromatic carbocycles. The molecule has 2 N–H and O–H groups in total. The fourth-order valence-corrected chi connectivity index (χ4v) is 2.05. The second-order valence-electron chi connectivity index (χ2n) is 4.53. The molecular formula is C14H11ClFN5. The molecule has 0 saturated heterocycles. The van der Waals surface area contributed by atoms with Crippen molar-refractivity contribution in [2.75, 3.05) is 5.73 Å². The summed E-state index contributed by atoms with van der Waals surface area (Å²) in [6, 6.07) is 6.03. The largest absolute Gasteiger partial charge is 0.384 e. The molecule has 5 nitrogen and oxygen atoms in total. The first kappa shape index (κ1) is 13.5. The van der Waals surface area contributed by atoms with Gasteiger partial charge in [-0.15, -0.1) is 0 Å². The summed E-state index contributed by atoms with van der Waals surface area (Å²) in [4.78, 5) is 8.54. The normalized spacial score (nSPS) is 10.8. The van der Waals surface area contributed by atoms with Crippen molar-refractivity contribution in [3.05, 3.63) is 47.5 Å². The van der Waals surface area contributed by atoms with Crippen LogP contribution in [-0.4, -0.2) is 19.7 Å². The SMILES string of the molecule is Cn1cc(-c2cc(N)nc(-c3ccc(Cl)c(F)c3)n2)cn1. The highest BCUT2D eigenvalue weighted by Crippen LogP contribution is 2.25. The van der Waals surface area contributed by atoms with E-state index in [-0.39, 0.29) is 5.02 Å². The van der Waals surface area contributed by atoms with Crippen LogP contribution in [0.3, 0.4) is 0 Å². The molecule has 0 spiro atoms. The Labute approximate surface area is 125 Å². The van der Waals surface area contributed by atoms with Gasteiger partial charge >= 0.3 is 0 Å². The lowest BCUT2D eigenvalue weighted by molar-refractivity contribution is 0.628. The second kappa shape index (κ2) is 5.14. The first-order valence-electron chi connectivity index (χ1n) is 6.12. The Morgan fingerprint density at radius 3 is 2.67 bits per heavy atom. The Morgan fingerprint density at radius 1 is 1.19 bits per heavy atom. The third kappa shape index (κ3) is 2.71. The molecule has 0 atom stereocenters. The van der Waals surface area contributed by atoms with Gasteiger partial charge in [0, 0.05) is 30.4 Å². The number of halogens is 2. The molecule has 106 valence electrons. The maximum atomic E-state index is 13.6. The average Bonchev–Trinajstić information content (AvgIpc) is 2.88. The summed E-state index contributed by atoms with van der Waals surface area (Å²) in [5.74, 6) is 0.113. The summed E-state index contributed by atoms with van der Waals surface area (Å²) in [6.45, 7) is 0. The van der Waals surface area contributed by atoms with Crippen LogP contribution < -0.4 is 5.73 Å². The number of nitrogens with zero attached hydrogens (tertiary/aromatic N) is 4. The molecule has 2 aromatic heterocycles. The van der Waals surface area contributed by atoms with Gasteiger partial charge < -0.3 is 5.73 Å². The van der Waals surface area contributed by atoms with Crippen molar-refractivity contribution < 1.29 is 4.39 Å². The van der Waals surface area contributed by atoms with E-state index in [4.69, 9.17) is 17.3 Å². The van der Waals surface area contributed by atoms with Crippen LogP contribution in [0.4, 0.5) is 10.2 Å². The summed E-state index contributed by atoms with van der Waals surface area (Å²) in [5.41, 5.74) is 7.75. The monoisotopic (exact) mass is 303 g/mol. The van der Waals surface area contributed by atoms with Crippen LogP contribution in [0.1, 0.15) is 0 Å². The van der Waals surface area contributed by atoms with Gasteiger partial charge in [-0.2, -0.15) is 5.10 Å². The van der Waals surface area contributed by atoms with Gasteiger partial charge in [0.15, 0.2) is 5.82 Å². The van der Waals surface area contributed by atoms with E-state index in [0.29, 0.717) is 22.9 Å². The van der Waals surface area contributed by atoms with Crippen LogP contribution in [0.2, 0.25) is 5.02 Å². The van der Waals surface area contributed by atoms with E-state index in [1.54, 1.807) is 23.0 Å². The van der Waals surface area contributed by atoms with Gasteiger partial charge in [0.25, 0.3) is 0 Å². The molecule has 0 saturated carbocycles. The number of nitrogen functional groups attached to an aromatic ring is 1. The summed E-state index contributed by atoms with van der Waals surface area (Å²) in [6.07, 6.45) is 3.49. The number of nitrogens with two attached hydrogens (primary N) is 1. The van der Waals surface area contributed by atoms with Gasteiger partial charge in [0.05, 0.1) is 16.9 Å². The van der Waals surface area contributed by atoms with E-state index in [1.165, 1.54) is 12.1 Å². The smallest absolute Gasteiger partial charge is 0.162 e. The fourth-order valence-electron chi connectivity index (χ4n) is 1.93. The standard InChI is InChI=1S/C14H11ClFN5/c1-21-7-9(6-18-21)12-5-13(17)20-14(19-12)8-2-3-10(15)11(16)4-8/h2-7H,1H3,(H2,17,19,20). The van der Waals surface area contributed by atoms with E-state index in [0.717, 1.165) is 5.56 Å². The highest BCUT2D eigenvalue weighted by atomic mass is 35.5. The van der Waals surface area contributed by atoms with Crippen LogP contribution in [0, 0.1) is 5.82 Å². The molecule has 0 bridgehead atoms. The molecule has 0 aliphatic heterocycles. The highest BCUT2D eigenvalue weighted by Gasteiger charge is 2.10. The molecule has 0 aliphatic rings. The van der Waals surface area contributed by atoms with E-state index in [9.17, 15) is 4.39 Å². The summed E-state index contributed by atoms with van der Waals surface area (Å²) >= 11 is 5.68. The minimum Gasteiger partial charge on any atom is -0.384 e. The quantitative estimate of drug-likeness (QED) is 0.790. The van der Waals surface area contributed by atoms with Gasteiger partial charge in [-0.25, -0.2) is 14.4 Å². The zero-order valence-electron chi connectivity index (χ0n) is 11.1. The highest BCUT2D eigenvalue weighted by molar-refractivity contribution is 6.30. The number of aromatic nitrogens is 4. The predicted octanol–water partition coefficient (Wildman–Crippen LogP) is 2.92. The maximum Gasteiger partial charge on any atom is 0.162 e. The zero-order valence-corrected chi connectivity index (χ0v) is 11.8. The van der Waals surface area contributed by atoms with Gasteiger partial charge in [-0.05, 0) is 18.2 Å². The van der Waals surface area contributed by atoms with Gasteiger partial charge in [0.2, 0.25) is 0 Å². The molecule has 7 heteroatoms. The van der Waals surface area contributed by atoms with Crippen molar-refractivity contribution >= 4 is 17.4 Å². The van der Waals surface area contributed by atoms with Crippen LogP contribution in [0.15, 0.2) is 36.7 Å². The first-order chi connectivity index (χ1) is 10.0. The Balaban J connectivity index is 2.11. The number of benzene rings is 1. The van der Waals surface area contributed by atoms with Gasteiger partial charge in [-0.3, -0.25) is 4.68 Å². The molecule has 0 radical (unpaired) electrons. The van der Waals surface area contributed by atoms with Crippen LogP contribution in [0.25, 0.3) is 22.6 Å². The number of rotatable bonds is 2. The molecule has 3 rings (SSSR count). The molecule has 2 heterocycles. The van der Waals surface area contributed by atoms with Crippen molar-refractivity contribution in [3.63, 3.8) is 0 Å². The Bertz CT molecular complexity index is 815. The molecule has 0 fully saturated rings. The summed E-state index contributed by atoms with van der Waals surface area (Å²) in [7, 11) is 1.81. The van der Waals surface area contributed by atoms with Crippen molar-refractivity contribution in [1.29, 1.82) is 0 Å². The van der Waals surface area contributed by atoms with Crippen LogP contribution >= 0.6 is 11.6 Å². The van der Waals surface area contributed by atoms with E-state index < -0.39 is 5.82 Å². The van der Waals surface area contributed by atoms with Crippen molar-refractivity contribution in [1.82, 2.24) is 19.7 Å². The van der Waals surface area contributed by atoms with E-state index in [2.05, 4.69) is 15.1 Å². The molecule has 0 amide bonds. The van der Waals surface area contributed by atoms with Gasteiger partial charge in [0.1, 0.15) is 11.6 Å². The second-order valence-corrected chi connectivity index (χ2v) is 4.94. The Morgan fingerprint density at radius 2 is 2.00 bits per heavy atom. The van der Waals surface area contributed by atoms with Crippen molar-refractivity contribution in [2.24, 2.45) is 7.05 Å². The number of aryl methyl sites for hydroxylation is 1. The summed E-state index contributed by atoms with van der Waals surface area (Å²) in [5, 5.41) is 4.14. The maximum absolute atomic E-state index is 13.6. The number of hydrogen-bond acceptors (Lipinski definition) is 4. The zero-order chi connectivity index (χ0) is 15.0. The molecule has 3 aromatic rings. The third-order valence-corrected chi connectivity index (χ3v) is 3.23. The Kier molecular flexibility index (Phi) is 3.31. The lowest BCUT2D eigenvalue weighted by atomic mass is 10.2. The number of hydrogen-bond donors (Lipinski definition) is 1. The fraction of sp³-hybridized carbons (Fsp3) is 0.0714. The minimum atomic E-state index is -0.525. The minimum absolute atomic E-state index is 0.0511. The topological polar surface area (TPSA) is 69.6 Å². The molecular weight excluding hydrogens is 293 g/mol. The van der Waals surface area contributed by atoms with E-state index in [1.807, 2.05) is 13.2 Å². The average molecular weight is 304 g/mol. The molecule has 21 heavy (non-hydrogen) atoms. The first-order valence-corrected chi connectivity index (χ1v) is 6.50. The lowest BCUT2D eigenvalue weighted by Gasteiger charge is -2.05. The predicted molar refractivity (Wildman–Crippen MR) is 79.1 cm³/mol. The van der Waals surface area contributed by atoms with Crippen LogP contribution in [-0.2, 0) is 7.05 Å². The van der Waals surface area contributed by atoms with Gasteiger partial charge in [-0.1, -0.05) is 11.6 Å². The lowest BCUT2D eigenvalue weighted by Crippen LogP contribution is -1.98. The van der Waals surface area contributed by atoms with Crippen molar-refractivity contribution in [3.8, 4) is 22.6 Å². The van der Waals surface area contributed by atoms with Crippen LogP contribution in [0.5, 0.6) is 0 Å². The molecule has 0 aliphatic carbocycles. The van der Waals surface area contributed by atoms with E-state index >= 15 is 0 Å². The Hall–Kier alpha value is -2.47. The summed E-state index contributed by atoms with van der Waals surface area (Å²) < 4.78 is 15.2. The molecule has 0 unspecified atom stereocenters. The van der Waals surface area contributed by atoms with Crippen molar-refractivity contribution in [2.45, 2.75) is 0 Å².